The predicted octanol–water partition coefficient (Wildman–Crippen LogP) is 2.00. The van der Waals surface area contributed by atoms with Gasteiger partial charge in [0, 0.05) is 10.1 Å². The van der Waals surface area contributed by atoms with Crippen molar-refractivity contribution in [3.63, 3.8) is 0 Å². The fraction of sp³-hybridized carbons (Fsp3) is 0.273. The molecule has 0 bridgehead atoms. The van der Waals surface area contributed by atoms with Crippen molar-refractivity contribution in [2.45, 2.75) is 13.8 Å². The molecule has 0 heterocycles. The first-order chi connectivity index (χ1) is 7.54. The van der Waals surface area contributed by atoms with Gasteiger partial charge < -0.3 is 4.74 Å². The lowest BCUT2D eigenvalue weighted by atomic mass is 10.1. The number of hydrogen-bond acceptors (Lipinski definition) is 4. The molecular formula is C11H11FO4. The number of carbonyl (C=O) groups excluding carboxylic acids is 2. The SMILES string of the molecule is CC(=O)c1ccc(OCC(=O)OF)c(C)c1. The van der Waals surface area contributed by atoms with Gasteiger partial charge in [-0.25, -0.2) is 4.79 Å². The van der Waals surface area contributed by atoms with E-state index in [1.165, 1.54) is 6.92 Å². The molecule has 0 aliphatic heterocycles. The molecule has 0 radical (unpaired) electrons. The van der Waals surface area contributed by atoms with Crippen molar-refractivity contribution in [3.05, 3.63) is 29.3 Å². The summed E-state index contributed by atoms with van der Waals surface area (Å²) in [5.41, 5.74) is 1.25. The fourth-order valence-corrected chi connectivity index (χ4v) is 1.19. The Hall–Kier alpha value is -1.91. The molecule has 0 unspecified atom stereocenters. The molecule has 5 heteroatoms. The highest BCUT2D eigenvalue weighted by molar-refractivity contribution is 5.94. The highest BCUT2D eigenvalue weighted by Gasteiger charge is 2.08. The summed E-state index contributed by atoms with van der Waals surface area (Å²) in [4.78, 5) is 24.5. The Morgan fingerprint density at radius 2 is 2.06 bits per heavy atom. The Bertz CT molecular complexity index is 414. The normalized spacial score (nSPS) is 9.69. The van der Waals surface area contributed by atoms with Crippen LogP contribution in [0.4, 0.5) is 4.53 Å². The lowest BCUT2D eigenvalue weighted by Gasteiger charge is -2.07. The van der Waals surface area contributed by atoms with Gasteiger partial charge in [0.05, 0.1) is 0 Å². The number of rotatable bonds is 4. The first-order valence-electron chi connectivity index (χ1n) is 4.60. The van der Waals surface area contributed by atoms with Crippen LogP contribution in [0.25, 0.3) is 0 Å². The van der Waals surface area contributed by atoms with Gasteiger partial charge in [-0.05, 0) is 37.6 Å². The van der Waals surface area contributed by atoms with Crippen LogP contribution >= 0.6 is 0 Å². The third kappa shape index (κ3) is 3.05. The van der Waals surface area contributed by atoms with Gasteiger partial charge in [0.25, 0.3) is 0 Å². The van der Waals surface area contributed by atoms with Crippen molar-refractivity contribution < 1.29 is 23.8 Å². The minimum atomic E-state index is -1.10. The molecule has 0 amide bonds. The highest BCUT2D eigenvalue weighted by Crippen LogP contribution is 2.19. The van der Waals surface area contributed by atoms with Gasteiger partial charge in [-0.15, -0.1) is 0 Å². The summed E-state index contributed by atoms with van der Waals surface area (Å²) in [6, 6.07) is 4.77. The number of benzene rings is 1. The van der Waals surface area contributed by atoms with Gasteiger partial charge in [-0.3, -0.25) is 9.74 Å². The van der Waals surface area contributed by atoms with Gasteiger partial charge in [0.1, 0.15) is 5.75 Å². The molecule has 4 nitrogen and oxygen atoms in total. The number of ketones is 1. The van der Waals surface area contributed by atoms with Crippen molar-refractivity contribution in [3.8, 4) is 5.75 Å². The largest absolute Gasteiger partial charge is 0.481 e. The minimum Gasteiger partial charge on any atom is -0.481 e. The molecule has 1 aromatic rings. The predicted molar refractivity (Wildman–Crippen MR) is 53.9 cm³/mol. The first kappa shape index (κ1) is 12.2. The molecular weight excluding hydrogens is 215 g/mol. The maximum absolute atomic E-state index is 11.4. The smallest absolute Gasteiger partial charge is 0.385 e. The maximum atomic E-state index is 11.4. The second kappa shape index (κ2) is 5.25. The Morgan fingerprint density at radius 3 is 2.56 bits per heavy atom. The molecule has 1 rings (SSSR count). The summed E-state index contributed by atoms with van der Waals surface area (Å²) in [6.45, 7) is 2.68. The zero-order valence-electron chi connectivity index (χ0n) is 8.95. The second-order valence-electron chi connectivity index (χ2n) is 3.27. The first-order valence-corrected chi connectivity index (χ1v) is 4.60. The van der Waals surface area contributed by atoms with Gasteiger partial charge in [-0.1, -0.05) is 0 Å². The molecule has 0 spiro atoms. The fourth-order valence-electron chi connectivity index (χ4n) is 1.19. The number of carbonyl (C=O) groups is 2. The third-order valence-electron chi connectivity index (χ3n) is 2.01. The Labute approximate surface area is 91.9 Å². The van der Waals surface area contributed by atoms with Crippen LogP contribution in [0.2, 0.25) is 0 Å². The molecule has 0 atom stereocenters. The summed E-state index contributed by atoms with van der Waals surface area (Å²) in [5.74, 6) is -0.747. The van der Waals surface area contributed by atoms with E-state index in [2.05, 4.69) is 4.94 Å². The Kier molecular flexibility index (Phi) is 3.99. The van der Waals surface area contributed by atoms with Crippen LogP contribution in [0.3, 0.4) is 0 Å². The Morgan fingerprint density at radius 1 is 1.38 bits per heavy atom. The standard InChI is InChI=1S/C11H11FO4/c1-7-5-9(8(2)13)3-4-10(7)15-6-11(14)16-12/h3-5H,6H2,1-2H3. The van der Waals surface area contributed by atoms with Crippen molar-refractivity contribution in [2.75, 3.05) is 6.61 Å². The van der Waals surface area contributed by atoms with Crippen LogP contribution in [0.5, 0.6) is 5.75 Å². The number of aryl methyl sites for hydroxylation is 1. The van der Waals surface area contributed by atoms with E-state index < -0.39 is 12.6 Å². The summed E-state index contributed by atoms with van der Waals surface area (Å²) in [7, 11) is 0. The van der Waals surface area contributed by atoms with Crippen molar-refractivity contribution >= 4 is 11.8 Å². The summed E-state index contributed by atoms with van der Waals surface area (Å²) < 4.78 is 16.4. The van der Waals surface area contributed by atoms with Crippen molar-refractivity contribution in [1.82, 2.24) is 0 Å². The summed E-state index contributed by atoms with van der Waals surface area (Å²) >= 11 is 0. The zero-order chi connectivity index (χ0) is 12.1. The molecule has 0 aromatic heterocycles. The van der Waals surface area contributed by atoms with Gasteiger partial charge >= 0.3 is 5.97 Å². The highest BCUT2D eigenvalue weighted by atomic mass is 19.3. The lowest BCUT2D eigenvalue weighted by molar-refractivity contribution is -0.185. The van der Waals surface area contributed by atoms with Crippen molar-refractivity contribution in [2.24, 2.45) is 0 Å². The molecule has 0 saturated heterocycles. The number of Topliss-reactive ketones (excluding diaryl/α,β-unsaturated/α-hetero) is 1. The van der Waals surface area contributed by atoms with Crippen LogP contribution in [-0.4, -0.2) is 18.4 Å². The maximum Gasteiger partial charge on any atom is 0.385 e. The average Bonchev–Trinajstić information content (AvgIpc) is 2.26. The monoisotopic (exact) mass is 226 g/mol. The Balaban J connectivity index is 2.75. The second-order valence-corrected chi connectivity index (χ2v) is 3.27. The number of halogens is 1. The number of ether oxygens (including phenoxy) is 1. The lowest BCUT2D eigenvalue weighted by Crippen LogP contribution is -2.11. The number of hydrogen-bond donors (Lipinski definition) is 0. The topological polar surface area (TPSA) is 52.6 Å². The van der Waals surface area contributed by atoms with Crippen molar-refractivity contribution in [1.29, 1.82) is 0 Å². The van der Waals surface area contributed by atoms with Gasteiger partial charge in [0.2, 0.25) is 0 Å². The molecule has 86 valence electrons. The molecule has 0 saturated carbocycles. The van der Waals surface area contributed by atoms with E-state index >= 15 is 0 Å². The molecule has 0 aliphatic carbocycles. The van der Waals surface area contributed by atoms with E-state index in [-0.39, 0.29) is 5.78 Å². The summed E-state index contributed by atoms with van der Waals surface area (Å²) in [5, 5.41) is 0. The van der Waals surface area contributed by atoms with Crippen LogP contribution in [0.1, 0.15) is 22.8 Å². The summed E-state index contributed by atoms with van der Waals surface area (Å²) in [6.07, 6.45) is 0. The molecule has 0 aliphatic rings. The van der Waals surface area contributed by atoms with E-state index in [1.807, 2.05) is 0 Å². The van der Waals surface area contributed by atoms with E-state index in [1.54, 1.807) is 25.1 Å². The van der Waals surface area contributed by atoms with Crippen LogP contribution in [0, 0.1) is 6.92 Å². The quantitative estimate of drug-likeness (QED) is 0.737. The van der Waals surface area contributed by atoms with E-state index in [0.717, 1.165) is 0 Å². The minimum absolute atomic E-state index is 0.0576. The van der Waals surface area contributed by atoms with Gasteiger partial charge in [0.15, 0.2) is 12.4 Å². The molecule has 0 fully saturated rings. The molecule has 16 heavy (non-hydrogen) atoms. The van der Waals surface area contributed by atoms with Gasteiger partial charge in [-0.2, -0.15) is 0 Å². The molecule has 1 aromatic carbocycles. The third-order valence-corrected chi connectivity index (χ3v) is 2.01. The molecule has 0 N–H and O–H groups in total. The van der Waals surface area contributed by atoms with E-state index in [4.69, 9.17) is 4.74 Å². The zero-order valence-corrected chi connectivity index (χ0v) is 8.95. The van der Waals surface area contributed by atoms with E-state index in [0.29, 0.717) is 16.9 Å². The van der Waals surface area contributed by atoms with E-state index in [9.17, 15) is 14.1 Å². The van der Waals surface area contributed by atoms with Crippen LogP contribution in [-0.2, 0) is 9.74 Å². The van der Waals surface area contributed by atoms with Crippen LogP contribution in [0.15, 0.2) is 18.2 Å². The average molecular weight is 226 g/mol. The van der Waals surface area contributed by atoms with Crippen LogP contribution < -0.4 is 4.74 Å².